The van der Waals surface area contributed by atoms with Crippen molar-refractivity contribution in [2.45, 2.75) is 25.9 Å². The molecule has 26 heavy (non-hydrogen) atoms. The summed E-state index contributed by atoms with van der Waals surface area (Å²) in [4.78, 5) is 4.63. The lowest BCUT2D eigenvalue weighted by Crippen LogP contribution is -2.45. The van der Waals surface area contributed by atoms with Crippen LogP contribution < -0.4 is 10.2 Å². The fraction of sp³-hybridized carbons (Fsp3) is 0.429. The summed E-state index contributed by atoms with van der Waals surface area (Å²) in [6.07, 6.45) is 0. The van der Waals surface area contributed by atoms with Gasteiger partial charge < -0.3 is 15.1 Å². The first-order chi connectivity index (χ1) is 12.4. The van der Waals surface area contributed by atoms with Crippen molar-refractivity contribution in [2.75, 3.05) is 38.1 Å². The van der Waals surface area contributed by atoms with E-state index in [1.54, 1.807) is 18.2 Å². The van der Waals surface area contributed by atoms with Gasteiger partial charge in [-0.05, 0) is 62.4 Å². The van der Waals surface area contributed by atoms with Gasteiger partial charge in [-0.1, -0.05) is 12.1 Å². The molecule has 0 amide bonds. The number of piperazine rings is 1. The predicted molar refractivity (Wildman–Crippen MR) is 102 cm³/mol. The Kier molecular flexibility index (Phi) is 5.89. The second kappa shape index (κ2) is 8.14. The van der Waals surface area contributed by atoms with Gasteiger partial charge in [0.05, 0.1) is 0 Å². The third-order valence-corrected chi connectivity index (χ3v) is 5.17. The van der Waals surface area contributed by atoms with Gasteiger partial charge >= 0.3 is 0 Å². The second-order valence-electron chi connectivity index (χ2n) is 7.16. The van der Waals surface area contributed by atoms with E-state index in [2.05, 4.69) is 22.2 Å². The van der Waals surface area contributed by atoms with Crippen LogP contribution in [-0.4, -0.2) is 38.1 Å². The number of likely N-dealkylation sites (N-methyl/N-ethyl adjacent to an activating group) is 1. The number of nitrogens with one attached hydrogen (secondary N) is 1. The molecule has 1 aliphatic heterocycles. The van der Waals surface area contributed by atoms with Gasteiger partial charge in [-0.15, -0.1) is 0 Å². The lowest BCUT2D eigenvalue weighted by atomic mass is 10.0. The lowest BCUT2D eigenvalue weighted by Gasteiger charge is -2.36. The first-order valence-corrected chi connectivity index (χ1v) is 9.18. The van der Waals surface area contributed by atoms with Crippen LogP contribution in [0.5, 0.6) is 0 Å². The summed E-state index contributed by atoms with van der Waals surface area (Å²) < 4.78 is 27.1. The van der Waals surface area contributed by atoms with Crippen molar-refractivity contribution in [3.63, 3.8) is 0 Å². The van der Waals surface area contributed by atoms with Crippen molar-refractivity contribution in [2.24, 2.45) is 0 Å². The van der Waals surface area contributed by atoms with Gasteiger partial charge in [0.1, 0.15) is 11.6 Å². The first-order valence-electron chi connectivity index (χ1n) is 9.18. The maximum absolute atomic E-state index is 13.9. The maximum Gasteiger partial charge on any atom is 0.123 e. The quantitative estimate of drug-likeness (QED) is 0.866. The van der Waals surface area contributed by atoms with E-state index < -0.39 is 0 Å². The van der Waals surface area contributed by atoms with Crippen LogP contribution >= 0.6 is 0 Å². The largest absolute Gasteiger partial charge is 0.369 e. The number of hydrogen-bond acceptors (Lipinski definition) is 3. The molecule has 0 bridgehead atoms. The van der Waals surface area contributed by atoms with Crippen LogP contribution in [0.2, 0.25) is 0 Å². The highest BCUT2D eigenvalue weighted by Gasteiger charge is 2.21. The molecule has 0 aromatic heterocycles. The number of nitrogens with zero attached hydrogens (tertiary/aromatic N) is 2. The Morgan fingerprint density at radius 3 is 2.12 bits per heavy atom. The first kappa shape index (κ1) is 18.8. The van der Waals surface area contributed by atoms with E-state index in [9.17, 15) is 8.78 Å². The zero-order chi connectivity index (χ0) is 18.7. The van der Waals surface area contributed by atoms with Crippen molar-refractivity contribution >= 4 is 5.69 Å². The van der Waals surface area contributed by atoms with E-state index in [1.807, 2.05) is 19.9 Å². The van der Waals surface area contributed by atoms with Crippen LogP contribution in [0.15, 0.2) is 42.5 Å². The van der Waals surface area contributed by atoms with Crippen LogP contribution in [-0.2, 0) is 0 Å². The molecule has 2 aromatic carbocycles. The molecule has 0 unspecified atom stereocenters. The summed E-state index contributed by atoms with van der Waals surface area (Å²) in [6, 6.07) is 11.6. The average Bonchev–Trinajstić information content (AvgIpc) is 2.63. The molecule has 1 aliphatic rings. The normalized spacial score (nSPS) is 18.0. The molecule has 2 aromatic rings. The third-order valence-electron chi connectivity index (χ3n) is 5.17. The minimum Gasteiger partial charge on any atom is -0.369 e. The lowest BCUT2D eigenvalue weighted by molar-refractivity contribution is 0.312. The number of benzene rings is 2. The predicted octanol–water partition coefficient (Wildman–Crippen LogP) is 4.13. The molecule has 1 N–H and O–H groups in total. The van der Waals surface area contributed by atoms with Gasteiger partial charge in [0, 0.05) is 44.0 Å². The van der Waals surface area contributed by atoms with E-state index >= 15 is 0 Å². The Bertz CT molecular complexity index is 725. The van der Waals surface area contributed by atoms with E-state index in [1.165, 1.54) is 18.2 Å². The molecule has 0 saturated carbocycles. The molecule has 0 aliphatic carbocycles. The fourth-order valence-corrected chi connectivity index (χ4v) is 3.52. The Hall–Kier alpha value is -1.98. The summed E-state index contributed by atoms with van der Waals surface area (Å²) in [5.74, 6) is -0.461. The molecule has 5 heteroatoms. The van der Waals surface area contributed by atoms with Crippen LogP contribution in [0, 0.1) is 11.6 Å². The molecule has 3 nitrogen and oxygen atoms in total. The van der Waals surface area contributed by atoms with E-state index in [0.29, 0.717) is 0 Å². The maximum atomic E-state index is 13.9. The van der Waals surface area contributed by atoms with E-state index in [-0.39, 0.29) is 23.7 Å². The van der Waals surface area contributed by atoms with Crippen molar-refractivity contribution in [1.82, 2.24) is 10.2 Å². The molecule has 1 fully saturated rings. The zero-order valence-electron chi connectivity index (χ0n) is 15.7. The topological polar surface area (TPSA) is 18.5 Å². The van der Waals surface area contributed by atoms with Gasteiger partial charge in [-0.25, -0.2) is 8.78 Å². The second-order valence-corrected chi connectivity index (χ2v) is 7.16. The highest BCUT2D eigenvalue weighted by atomic mass is 19.1. The Balaban J connectivity index is 1.78. The molecule has 3 rings (SSSR count). The summed E-state index contributed by atoms with van der Waals surface area (Å²) in [5, 5.41) is 3.52. The molecule has 0 spiro atoms. The molecule has 1 saturated heterocycles. The van der Waals surface area contributed by atoms with Crippen LogP contribution in [0.1, 0.15) is 37.1 Å². The van der Waals surface area contributed by atoms with Crippen molar-refractivity contribution < 1.29 is 8.78 Å². The van der Waals surface area contributed by atoms with Crippen LogP contribution in [0.3, 0.4) is 0 Å². The van der Waals surface area contributed by atoms with Crippen LogP contribution in [0.25, 0.3) is 0 Å². The van der Waals surface area contributed by atoms with Gasteiger partial charge in [0.25, 0.3) is 0 Å². The van der Waals surface area contributed by atoms with Gasteiger partial charge in [-0.3, -0.25) is 0 Å². The Labute approximate surface area is 154 Å². The summed E-state index contributed by atoms with van der Waals surface area (Å²) in [5.41, 5.74) is 3.06. The van der Waals surface area contributed by atoms with Gasteiger partial charge in [0.2, 0.25) is 0 Å². The minimum absolute atomic E-state index is 0.0274. The number of halogens is 2. The van der Waals surface area contributed by atoms with Gasteiger partial charge in [-0.2, -0.15) is 0 Å². The van der Waals surface area contributed by atoms with E-state index in [4.69, 9.17) is 0 Å². The Morgan fingerprint density at radius 2 is 1.46 bits per heavy atom. The van der Waals surface area contributed by atoms with Crippen molar-refractivity contribution in [3.05, 3.63) is 65.2 Å². The number of anilines is 1. The van der Waals surface area contributed by atoms with Crippen LogP contribution in [0.4, 0.5) is 14.5 Å². The standard InChI is InChI=1S/C21H27F2N3/c1-15(17-4-6-18(22)7-5-17)24-16(2)20-14-19(23)8-9-21(20)26-12-10-25(3)11-13-26/h4-9,14-16,24H,10-13H2,1-3H3/t15-,16-/m1/s1. The molecule has 140 valence electrons. The molecule has 2 atom stereocenters. The molecule has 0 radical (unpaired) electrons. The van der Waals surface area contributed by atoms with Crippen molar-refractivity contribution in [1.29, 1.82) is 0 Å². The van der Waals surface area contributed by atoms with Crippen molar-refractivity contribution in [3.8, 4) is 0 Å². The summed E-state index contributed by atoms with van der Waals surface area (Å²) in [7, 11) is 2.12. The summed E-state index contributed by atoms with van der Waals surface area (Å²) in [6.45, 7) is 7.98. The highest BCUT2D eigenvalue weighted by molar-refractivity contribution is 5.55. The number of hydrogen-bond donors (Lipinski definition) is 1. The molecular weight excluding hydrogens is 332 g/mol. The fourth-order valence-electron chi connectivity index (χ4n) is 3.52. The summed E-state index contributed by atoms with van der Waals surface area (Å²) >= 11 is 0. The molecule has 1 heterocycles. The van der Waals surface area contributed by atoms with E-state index in [0.717, 1.165) is 43.0 Å². The number of rotatable bonds is 5. The monoisotopic (exact) mass is 359 g/mol. The van der Waals surface area contributed by atoms with Gasteiger partial charge in [0.15, 0.2) is 0 Å². The molecular formula is C21H27F2N3. The Morgan fingerprint density at radius 1 is 0.846 bits per heavy atom. The average molecular weight is 359 g/mol. The SMILES string of the molecule is C[C@@H](N[C@H](C)c1cc(F)ccc1N1CCN(C)CC1)c1ccc(F)cc1. The minimum atomic E-state index is -0.239. The zero-order valence-corrected chi connectivity index (χ0v) is 15.7. The highest BCUT2D eigenvalue weighted by Crippen LogP contribution is 2.30. The third kappa shape index (κ3) is 4.40. The smallest absolute Gasteiger partial charge is 0.123 e.